The van der Waals surface area contributed by atoms with E-state index in [0.29, 0.717) is 12.4 Å². The van der Waals surface area contributed by atoms with Gasteiger partial charge in [-0.3, -0.25) is 9.69 Å². The number of hydrogen-bond acceptors (Lipinski definition) is 5. The lowest BCUT2D eigenvalue weighted by atomic mass is 10.3. The van der Waals surface area contributed by atoms with Crippen molar-refractivity contribution in [1.29, 1.82) is 0 Å². The third-order valence-electron chi connectivity index (χ3n) is 2.94. The number of carboxylic acids is 1. The third-order valence-corrected chi connectivity index (χ3v) is 2.94. The fourth-order valence-electron chi connectivity index (χ4n) is 1.62. The van der Waals surface area contributed by atoms with Gasteiger partial charge in [0.25, 0.3) is 0 Å². The molecular weight excluding hydrogens is 246 g/mol. The summed E-state index contributed by atoms with van der Waals surface area (Å²) < 4.78 is 1.60. The van der Waals surface area contributed by atoms with Crippen molar-refractivity contribution in [3.63, 3.8) is 0 Å². The van der Waals surface area contributed by atoms with Gasteiger partial charge in [0.15, 0.2) is 5.82 Å². The molecule has 0 aliphatic heterocycles. The molecule has 100 valence electrons. The number of tetrazole rings is 1. The van der Waals surface area contributed by atoms with E-state index in [9.17, 15) is 4.79 Å². The molecule has 0 aliphatic rings. The minimum absolute atomic E-state index is 0.357. The average Bonchev–Trinajstić information content (AvgIpc) is 2.86. The molecule has 1 heterocycles. The highest BCUT2D eigenvalue weighted by molar-refractivity contribution is 5.72. The van der Waals surface area contributed by atoms with Crippen LogP contribution in [0.4, 0.5) is 0 Å². The van der Waals surface area contributed by atoms with Crippen LogP contribution in [-0.2, 0) is 11.3 Å². The topological polar surface area (TPSA) is 84.1 Å². The Morgan fingerprint density at radius 1 is 1.42 bits per heavy atom. The number of benzene rings is 1. The molecule has 7 heteroatoms. The van der Waals surface area contributed by atoms with E-state index in [4.69, 9.17) is 5.11 Å². The summed E-state index contributed by atoms with van der Waals surface area (Å²) in [6, 6.07) is 8.88. The van der Waals surface area contributed by atoms with E-state index in [1.54, 1.807) is 23.6 Å². The second kappa shape index (κ2) is 5.57. The molecule has 0 saturated heterocycles. The first-order chi connectivity index (χ1) is 9.09. The van der Waals surface area contributed by atoms with E-state index in [0.717, 1.165) is 5.69 Å². The Balaban J connectivity index is 2.19. The Hall–Kier alpha value is -2.28. The first-order valence-electron chi connectivity index (χ1n) is 5.85. The number of nitrogens with zero attached hydrogens (tertiary/aromatic N) is 5. The fraction of sp³-hybridized carbons (Fsp3) is 0.333. The standard InChI is InChI=1S/C12H15N5O2/c1-9(12(18)19)16(2)8-11-13-14-15-17(11)10-6-4-3-5-7-10/h3-7,9H,8H2,1-2H3,(H,18,19). The SMILES string of the molecule is CC(C(=O)O)N(C)Cc1nnnn1-c1ccccc1. The lowest BCUT2D eigenvalue weighted by Crippen LogP contribution is -2.36. The molecule has 0 spiro atoms. The summed E-state index contributed by atoms with van der Waals surface area (Å²) in [5.41, 5.74) is 0.846. The highest BCUT2D eigenvalue weighted by Gasteiger charge is 2.19. The van der Waals surface area contributed by atoms with Crippen LogP contribution in [0.5, 0.6) is 0 Å². The van der Waals surface area contributed by atoms with Crippen LogP contribution in [0.3, 0.4) is 0 Å². The Labute approximate surface area is 110 Å². The molecule has 1 aromatic heterocycles. The van der Waals surface area contributed by atoms with Crippen LogP contribution in [-0.4, -0.2) is 49.3 Å². The van der Waals surface area contributed by atoms with Gasteiger partial charge in [-0.25, -0.2) is 0 Å². The molecule has 0 fully saturated rings. The third kappa shape index (κ3) is 2.94. The first-order valence-corrected chi connectivity index (χ1v) is 5.85. The average molecular weight is 261 g/mol. The number of carboxylic acid groups (broad SMARTS) is 1. The minimum Gasteiger partial charge on any atom is -0.480 e. The molecular formula is C12H15N5O2. The summed E-state index contributed by atoms with van der Waals surface area (Å²) in [7, 11) is 1.72. The summed E-state index contributed by atoms with van der Waals surface area (Å²) in [6.45, 7) is 1.98. The molecule has 1 aromatic carbocycles. The molecule has 1 unspecified atom stereocenters. The maximum Gasteiger partial charge on any atom is 0.320 e. The van der Waals surface area contributed by atoms with E-state index in [-0.39, 0.29) is 0 Å². The maximum atomic E-state index is 10.9. The van der Waals surface area contributed by atoms with Crippen molar-refractivity contribution >= 4 is 5.97 Å². The number of hydrogen-bond donors (Lipinski definition) is 1. The lowest BCUT2D eigenvalue weighted by molar-refractivity contribution is -0.142. The van der Waals surface area contributed by atoms with Crippen LogP contribution in [0, 0.1) is 0 Å². The second-order valence-electron chi connectivity index (χ2n) is 4.27. The molecule has 0 aliphatic carbocycles. The van der Waals surface area contributed by atoms with E-state index in [1.165, 1.54) is 0 Å². The Kier molecular flexibility index (Phi) is 3.86. The molecule has 2 aromatic rings. The summed E-state index contributed by atoms with van der Waals surface area (Å²) >= 11 is 0. The summed E-state index contributed by atoms with van der Waals surface area (Å²) in [4.78, 5) is 12.6. The smallest absolute Gasteiger partial charge is 0.320 e. The lowest BCUT2D eigenvalue weighted by Gasteiger charge is -2.20. The van der Waals surface area contributed by atoms with Crippen molar-refractivity contribution in [2.75, 3.05) is 7.05 Å². The molecule has 7 nitrogen and oxygen atoms in total. The zero-order valence-corrected chi connectivity index (χ0v) is 10.8. The predicted molar refractivity (Wildman–Crippen MR) is 67.7 cm³/mol. The number of aliphatic carboxylic acids is 1. The van der Waals surface area contributed by atoms with Gasteiger partial charge in [-0.1, -0.05) is 18.2 Å². The van der Waals surface area contributed by atoms with Gasteiger partial charge in [-0.2, -0.15) is 4.68 Å². The largest absolute Gasteiger partial charge is 0.480 e. The van der Waals surface area contributed by atoms with E-state index in [2.05, 4.69) is 15.5 Å². The molecule has 0 saturated carbocycles. The summed E-state index contributed by atoms with van der Waals surface area (Å²) in [6.07, 6.45) is 0. The quantitative estimate of drug-likeness (QED) is 0.847. The molecule has 1 atom stereocenters. The highest BCUT2D eigenvalue weighted by Crippen LogP contribution is 2.09. The Morgan fingerprint density at radius 3 is 2.74 bits per heavy atom. The van der Waals surface area contributed by atoms with Gasteiger partial charge in [0.05, 0.1) is 12.2 Å². The zero-order valence-electron chi connectivity index (χ0n) is 10.8. The van der Waals surface area contributed by atoms with Crippen LogP contribution < -0.4 is 0 Å². The van der Waals surface area contributed by atoms with Crippen LogP contribution in [0.1, 0.15) is 12.7 Å². The number of para-hydroxylation sites is 1. The first kappa shape index (κ1) is 13.2. The second-order valence-corrected chi connectivity index (χ2v) is 4.27. The van der Waals surface area contributed by atoms with Crippen molar-refractivity contribution < 1.29 is 9.90 Å². The normalized spacial score (nSPS) is 12.6. The van der Waals surface area contributed by atoms with E-state index >= 15 is 0 Å². The van der Waals surface area contributed by atoms with Gasteiger partial charge < -0.3 is 5.11 Å². The van der Waals surface area contributed by atoms with E-state index < -0.39 is 12.0 Å². The molecule has 19 heavy (non-hydrogen) atoms. The highest BCUT2D eigenvalue weighted by atomic mass is 16.4. The molecule has 0 bridgehead atoms. The van der Waals surface area contributed by atoms with Crippen molar-refractivity contribution in [1.82, 2.24) is 25.1 Å². The van der Waals surface area contributed by atoms with Gasteiger partial charge in [0.2, 0.25) is 0 Å². The number of carbonyl (C=O) groups is 1. The number of rotatable bonds is 5. The number of likely N-dealkylation sites (N-methyl/N-ethyl adjacent to an activating group) is 1. The van der Waals surface area contributed by atoms with Crippen molar-refractivity contribution in [2.45, 2.75) is 19.5 Å². The fourth-order valence-corrected chi connectivity index (χ4v) is 1.62. The zero-order chi connectivity index (χ0) is 13.8. The van der Waals surface area contributed by atoms with Crippen LogP contribution in [0.2, 0.25) is 0 Å². The van der Waals surface area contributed by atoms with Gasteiger partial charge in [0, 0.05) is 0 Å². The Morgan fingerprint density at radius 2 is 2.11 bits per heavy atom. The summed E-state index contributed by atoms with van der Waals surface area (Å²) in [5, 5.41) is 20.5. The molecule has 0 amide bonds. The van der Waals surface area contributed by atoms with Gasteiger partial charge in [-0.05, 0) is 36.5 Å². The van der Waals surface area contributed by atoms with Gasteiger partial charge >= 0.3 is 5.97 Å². The van der Waals surface area contributed by atoms with Crippen LogP contribution in [0.15, 0.2) is 30.3 Å². The number of aromatic nitrogens is 4. The molecule has 1 N–H and O–H groups in total. The molecule has 2 rings (SSSR count). The predicted octanol–water partition coefficient (Wildman–Crippen LogP) is 0.567. The monoisotopic (exact) mass is 261 g/mol. The van der Waals surface area contributed by atoms with Crippen LogP contribution >= 0.6 is 0 Å². The summed E-state index contributed by atoms with van der Waals surface area (Å²) in [5.74, 6) is -0.275. The van der Waals surface area contributed by atoms with Gasteiger partial charge in [-0.15, -0.1) is 5.10 Å². The minimum atomic E-state index is -0.874. The van der Waals surface area contributed by atoms with Crippen molar-refractivity contribution in [3.8, 4) is 5.69 Å². The van der Waals surface area contributed by atoms with Crippen LogP contribution in [0.25, 0.3) is 5.69 Å². The van der Waals surface area contributed by atoms with E-state index in [1.807, 2.05) is 30.3 Å². The van der Waals surface area contributed by atoms with Crippen molar-refractivity contribution in [3.05, 3.63) is 36.2 Å². The van der Waals surface area contributed by atoms with Gasteiger partial charge in [0.1, 0.15) is 6.04 Å². The molecule has 0 radical (unpaired) electrons. The Bertz CT molecular complexity index is 554. The van der Waals surface area contributed by atoms with Crippen molar-refractivity contribution in [2.24, 2.45) is 0 Å². The maximum absolute atomic E-state index is 10.9.